The molecular weight excluding hydrogens is 695 g/mol. The van der Waals surface area contributed by atoms with Crippen molar-refractivity contribution in [3.63, 3.8) is 0 Å². The molecule has 0 fully saturated rings. The number of ketones is 1. The molecule has 0 aliphatic carbocycles. The van der Waals surface area contributed by atoms with E-state index in [9.17, 15) is 9.59 Å². The summed E-state index contributed by atoms with van der Waals surface area (Å²) in [6, 6.07) is 0. The van der Waals surface area contributed by atoms with Crippen molar-refractivity contribution in [1.82, 2.24) is 5.32 Å². The maximum Gasteiger partial charge on any atom is 0.407 e. The van der Waals surface area contributed by atoms with Gasteiger partial charge >= 0.3 is 6.09 Å². The number of hydrogen-bond acceptors (Lipinski definition) is 5. The van der Waals surface area contributed by atoms with E-state index in [1.165, 1.54) is 193 Å². The van der Waals surface area contributed by atoms with Crippen molar-refractivity contribution in [3.8, 4) is 0 Å². The summed E-state index contributed by atoms with van der Waals surface area (Å²) in [5, 5.41) is 2.87. The molecule has 0 saturated heterocycles. The van der Waals surface area contributed by atoms with Crippen molar-refractivity contribution in [2.75, 3.05) is 33.0 Å². The minimum Gasteiger partial charge on any atom is -0.447 e. The lowest BCUT2D eigenvalue weighted by Crippen LogP contribution is -2.32. The summed E-state index contributed by atoms with van der Waals surface area (Å²) in [6.45, 7) is 9.38. The van der Waals surface area contributed by atoms with E-state index in [1.54, 1.807) is 0 Å². The number of ether oxygens (including phenoxy) is 3. The van der Waals surface area contributed by atoms with E-state index < -0.39 is 6.09 Å². The number of carbonyl (C=O) groups excluding carboxylic acids is 2. The van der Waals surface area contributed by atoms with E-state index in [0.29, 0.717) is 38.4 Å². The second kappa shape index (κ2) is 48.2. The van der Waals surface area contributed by atoms with Crippen LogP contribution in [-0.2, 0) is 19.0 Å². The summed E-state index contributed by atoms with van der Waals surface area (Å²) in [7, 11) is 0. The summed E-state index contributed by atoms with van der Waals surface area (Å²) in [5.41, 5.74) is 0. The first-order chi connectivity index (χ1) is 27.6. The van der Waals surface area contributed by atoms with E-state index in [0.717, 1.165) is 51.6 Å². The van der Waals surface area contributed by atoms with E-state index >= 15 is 0 Å². The Bertz CT molecular complexity index is 777. The number of amides is 1. The monoisotopic (exact) mass is 794 g/mol. The zero-order valence-corrected chi connectivity index (χ0v) is 38.2. The van der Waals surface area contributed by atoms with Gasteiger partial charge in [-0.3, -0.25) is 4.79 Å². The van der Waals surface area contributed by atoms with Crippen LogP contribution in [0.3, 0.4) is 0 Å². The zero-order valence-electron chi connectivity index (χ0n) is 38.2. The van der Waals surface area contributed by atoms with Gasteiger partial charge in [0.05, 0.1) is 6.61 Å². The summed E-state index contributed by atoms with van der Waals surface area (Å²) in [5.74, 6) is 0.363. The molecule has 334 valence electrons. The van der Waals surface area contributed by atoms with Crippen molar-refractivity contribution in [2.45, 2.75) is 277 Å². The first-order valence-corrected chi connectivity index (χ1v) is 25.3. The number of nitrogens with one attached hydrogen (secondary N) is 1. The van der Waals surface area contributed by atoms with Gasteiger partial charge in [-0.1, -0.05) is 226 Å². The first kappa shape index (κ1) is 54.9. The lowest BCUT2D eigenvalue weighted by molar-refractivity contribution is -0.119. The Kier molecular flexibility index (Phi) is 47.2. The normalized spacial score (nSPS) is 12.0. The van der Waals surface area contributed by atoms with Crippen LogP contribution in [0.15, 0.2) is 0 Å². The highest BCUT2D eigenvalue weighted by atomic mass is 16.6. The summed E-state index contributed by atoms with van der Waals surface area (Å²) < 4.78 is 17.8. The van der Waals surface area contributed by atoms with E-state index in [-0.39, 0.29) is 12.7 Å². The fourth-order valence-electron chi connectivity index (χ4n) is 7.54. The first-order valence-electron chi connectivity index (χ1n) is 25.3. The molecule has 0 rings (SSSR count). The van der Waals surface area contributed by atoms with Gasteiger partial charge in [-0.15, -0.1) is 0 Å². The molecule has 56 heavy (non-hydrogen) atoms. The van der Waals surface area contributed by atoms with Gasteiger partial charge in [-0.05, 0) is 32.1 Å². The minimum absolute atomic E-state index is 0.218. The van der Waals surface area contributed by atoms with Crippen LogP contribution >= 0.6 is 0 Å². The lowest BCUT2D eigenvalue weighted by Gasteiger charge is -2.18. The third-order valence-corrected chi connectivity index (χ3v) is 11.4. The van der Waals surface area contributed by atoms with Gasteiger partial charge in [0.15, 0.2) is 0 Å². The molecule has 1 N–H and O–H groups in total. The van der Waals surface area contributed by atoms with Gasteiger partial charge in [-0.2, -0.15) is 0 Å². The molecule has 6 nitrogen and oxygen atoms in total. The zero-order chi connectivity index (χ0) is 40.7. The molecule has 0 aromatic rings. The van der Waals surface area contributed by atoms with Crippen LogP contribution in [-0.4, -0.2) is 51.0 Å². The maximum atomic E-state index is 12.4. The molecule has 0 unspecified atom stereocenters. The maximum absolute atomic E-state index is 12.4. The summed E-state index contributed by atoms with van der Waals surface area (Å²) >= 11 is 0. The quantitative estimate of drug-likeness (QED) is 0.0621. The van der Waals surface area contributed by atoms with Gasteiger partial charge in [0, 0.05) is 32.6 Å². The van der Waals surface area contributed by atoms with Crippen LogP contribution in [0, 0.1) is 0 Å². The van der Waals surface area contributed by atoms with Crippen molar-refractivity contribution in [3.05, 3.63) is 0 Å². The largest absolute Gasteiger partial charge is 0.447 e. The molecule has 0 radical (unpaired) electrons. The van der Waals surface area contributed by atoms with Crippen LogP contribution in [0.25, 0.3) is 0 Å². The molecular formula is C50H99NO5. The topological polar surface area (TPSA) is 73.9 Å². The standard InChI is InChI=1S/C50H99NO5/c1-4-7-10-12-14-16-18-20-22-24-26-28-30-32-34-39-44-54-46-49(47-56-50(53)51-43-38-36-37-42-48(52)41-9-6-3)55-45-40-35-33-31-29-27-25-23-21-19-17-15-13-11-8-5-2/h49H,4-47H2,1-3H3,(H,51,53)/t49-/m1/s1. The van der Waals surface area contributed by atoms with Crippen LogP contribution in [0.5, 0.6) is 0 Å². The molecule has 0 aromatic carbocycles. The van der Waals surface area contributed by atoms with Crippen molar-refractivity contribution in [1.29, 1.82) is 0 Å². The summed E-state index contributed by atoms with van der Waals surface area (Å²) in [6.07, 6.45) is 49.0. The number of alkyl carbamates (subject to hydrolysis) is 1. The predicted octanol–water partition coefficient (Wildman–Crippen LogP) is 16.0. The average Bonchev–Trinajstić information content (AvgIpc) is 3.20. The van der Waals surface area contributed by atoms with E-state index in [2.05, 4.69) is 26.1 Å². The molecule has 6 heteroatoms. The Morgan fingerprint density at radius 3 is 1.18 bits per heavy atom. The predicted molar refractivity (Wildman–Crippen MR) is 242 cm³/mol. The number of rotatable bonds is 48. The molecule has 0 spiro atoms. The molecule has 0 heterocycles. The Balaban J connectivity index is 4.07. The highest BCUT2D eigenvalue weighted by Crippen LogP contribution is 2.16. The lowest BCUT2D eigenvalue weighted by atomic mass is 10.0. The second-order valence-electron chi connectivity index (χ2n) is 17.2. The third kappa shape index (κ3) is 45.6. The Labute approximate surface area is 350 Å². The highest BCUT2D eigenvalue weighted by molar-refractivity contribution is 5.78. The van der Waals surface area contributed by atoms with E-state index in [4.69, 9.17) is 14.2 Å². The Morgan fingerprint density at radius 1 is 0.393 bits per heavy atom. The highest BCUT2D eigenvalue weighted by Gasteiger charge is 2.13. The average molecular weight is 794 g/mol. The van der Waals surface area contributed by atoms with Crippen LogP contribution in [0.4, 0.5) is 4.79 Å². The fourth-order valence-corrected chi connectivity index (χ4v) is 7.54. The number of hydrogen-bond donors (Lipinski definition) is 1. The third-order valence-electron chi connectivity index (χ3n) is 11.4. The molecule has 0 bridgehead atoms. The molecule has 0 saturated carbocycles. The SMILES string of the molecule is CCCCCCCCCCCCCCCCCCOC[C@H](COC(=O)NCCCCCC(=O)CCCC)OCCCCCCCCCCCCCCCCCC. The Hall–Kier alpha value is -1.14. The Morgan fingerprint density at radius 2 is 0.750 bits per heavy atom. The van der Waals surface area contributed by atoms with Gasteiger partial charge in [-0.25, -0.2) is 4.79 Å². The van der Waals surface area contributed by atoms with Crippen LogP contribution < -0.4 is 5.32 Å². The van der Waals surface area contributed by atoms with Gasteiger partial charge in [0.25, 0.3) is 0 Å². The van der Waals surface area contributed by atoms with E-state index in [1.807, 2.05) is 0 Å². The van der Waals surface area contributed by atoms with Gasteiger partial charge in [0.2, 0.25) is 0 Å². The molecule has 1 amide bonds. The molecule has 0 aliphatic heterocycles. The summed E-state index contributed by atoms with van der Waals surface area (Å²) in [4.78, 5) is 24.3. The molecule has 0 aliphatic rings. The number of unbranched alkanes of at least 4 members (excludes halogenated alkanes) is 33. The molecule has 0 aromatic heterocycles. The van der Waals surface area contributed by atoms with Crippen molar-refractivity contribution in [2.24, 2.45) is 0 Å². The molecule has 1 atom stereocenters. The number of Topliss-reactive ketones (excluding diaryl/α,β-unsaturated/α-hetero) is 1. The second-order valence-corrected chi connectivity index (χ2v) is 17.2. The van der Waals surface area contributed by atoms with Gasteiger partial charge < -0.3 is 19.5 Å². The number of carbonyl (C=O) groups is 2. The smallest absolute Gasteiger partial charge is 0.407 e. The fraction of sp³-hybridized carbons (Fsp3) is 0.960. The minimum atomic E-state index is -0.391. The van der Waals surface area contributed by atoms with Crippen molar-refractivity contribution >= 4 is 11.9 Å². The van der Waals surface area contributed by atoms with Crippen LogP contribution in [0.1, 0.15) is 271 Å². The van der Waals surface area contributed by atoms with Gasteiger partial charge in [0.1, 0.15) is 18.5 Å². The van der Waals surface area contributed by atoms with Crippen LogP contribution in [0.2, 0.25) is 0 Å². The van der Waals surface area contributed by atoms with Crippen molar-refractivity contribution < 1.29 is 23.8 Å².